The zero-order chi connectivity index (χ0) is 15.3. The summed E-state index contributed by atoms with van der Waals surface area (Å²) in [5.41, 5.74) is 0.510. The second-order valence-electron chi connectivity index (χ2n) is 4.81. The summed E-state index contributed by atoms with van der Waals surface area (Å²) in [6.45, 7) is 4.17. The second kappa shape index (κ2) is 6.74. The van der Waals surface area contributed by atoms with E-state index < -0.39 is 9.84 Å². The fraction of sp³-hybridized carbons (Fsp3) is 0.500. The van der Waals surface area contributed by atoms with Crippen molar-refractivity contribution >= 4 is 15.7 Å². The van der Waals surface area contributed by atoms with Crippen LogP contribution in [0, 0.1) is 0 Å². The van der Waals surface area contributed by atoms with Crippen molar-refractivity contribution in [3.05, 3.63) is 29.8 Å². The molecule has 0 aromatic heterocycles. The summed E-state index contributed by atoms with van der Waals surface area (Å²) in [6, 6.07) is 6.44. The van der Waals surface area contributed by atoms with Gasteiger partial charge in [0.25, 0.3) is 5.91 Å². The SMILES string of the molecule is CCOc1ccc(C(=O)N(C)C(C)CS(C)(=O)=O)cc1. The normalized spacial score (nSPS) is 12.8. The number of benzene rings is 1. The molecule has 0 heterocycles. The zero-order valence-electron chi connectivity index (χ0n) is 12.3. The standard InChI is InChI=1S/C14H21NO4S/c1-5-19-13-8-6-12(7-9-13)14(16)15(3)11(2)10-20(4,17)18/h6-9,11H,5,10H2,1-4H3. The first-order valence-corrected chi connectivity index (χ1v) is 8.48. The molecule has 0 spiro atoms. The molecule has 0 radical (unpaired) electrons. The van der Waals surface area contributed by atoms with E-state index in [1.165, 1.54) is 11.2 Å². The van der Waals surface area contributed by atoms with Crippen LogP contribution in [0.25, 0.3) is 0 Å². The van der Waals surface area contributed by atoms with Crippen LogP contribution in [0.2, 0.25) is 0 Å². The quantitative estimate of drug-likeness (QED) is 0.800. The van der Waals surface area contributed by atoms with Crippen molar-refractivity contribution in [3.8, 4) is 5.75 Å². The molecular weight excluding hydrogens is 278 g/mol. The van der Waals surface area contributed by atoms with Gasteiger partial charge in [-0.15, -0.1) is 0 Å². The molecule has 5 nitrogen and oxygen atoms in total. The first kappa shape index (κ1) is 16.5. The van der Waals surface area contributed by atoms with Crippen molar-refractivity contribution in [1.82, 2.24) is 4.90 Å². The number of nitrogens with zero attached hydrogens (tertiary/aromatic N) is 1. The van der Waals surface area contributed by atoms with Gasteiger partial charge in [0, 0.05) is 24.9 Å². The monoisotopic (exact) mass is 299 g/mol. The van der Waals surface area contributed by atoms with Crippen molar-refractivity contribution in [1.29, 1.82) is 0 Å². The molecule has 1 aromatic rings. The van der Waals surface area contributed by atoms with Crippen LogP contribution in [0.5, 0.6) is 5.75 Å². The molecule has 112 valence electrons. The maximum atomic E-state index is 12.2. The Morgan fingerprint density at radius 3 is 2.30 bits per heavy atom. The molecule has 20 heavy (non-hydrogen) atoms. The van der Waals surface area contributed by atoms with Gasteiger partial charge in [-0.1, -0.05) is 0 Å². The number of carbonyl (C=O) groups is 1. The number of sulfone groups is 1. The average molecular weight is 299 g/mol. The molecule has 1 amide bonds. The lowest BCUT2D eigenvalue weighted by Crippen LogP contribution is -2.39. The summed E-state index contributed by atoms with van der Waals surface area (Å²) in [6.07, 6.45) is 1.17. The van der Waals surface area contributed by atoms with Gasteiger partial charge in [0.2, 0.25) is 0 Å². The fourth-order valence-electron chi connectivity index (χ4n) is 1.81. The van der Waals surface area contributed by atoms with E-state index in [2.05, 4.69) is 0 Å². The molecule has 0 N–H and O–H groups in total. The minimum Gasteiger partial charge on any atom is -0.494 e. The van der Waals surface area contributed by atoms with E-state index in [4.69, 9.17) is 4.74 Å². The third-order valence-corrected chi connectivity index (χ3v) is 4.03. The van der Waals surface area contributed by atoms with Gasteiger partial charge in [-0.3, -0.25) is 4.79 Å². The molecule has 6 heteroatoms. The van der Waals surface area contributed by atoms with E-state index in [-0.39, 0.29) is 17.7 Å². The molecule has 1 rings (SSSR count). The van der Waals surface area contributed by atoms with Crippen LogP contribution in [0.3, 0.4) is 0 Å². The minimum atomic E-state index is -3.11. The summed E-state index contributed by atoms with van der Waals surface area (Å²) in [4.78, 5) is 13.7. The van der Waals surface area contributed by atoms with Crippen LogP contribution in [0.1, 0.15) is 24.2 Å². The predicted molar refractivity (Wildman–Crippen MR) is 78.9 cm³/mol. The average Bonchev–Trinajstić information content (AvgIpc) is 2.36. The van der Waals surface area contributed by atoms with Gasteiger partial charge in [0.1, 0.15) is 15.6 Å². The lowest BCUT2D eigenvalue weighted by molar-refractivity contribution is 0.0757. The van der Waals surface area contributed by atoms with Crippen molar-refractivity contribution in [2.75, 3.05) is 25.7 Å². The molecule has 1 aromatic carbocycles. The zero-order valence-corrected chi connectivity index (χ0v) is 13.1. The third kappa shape index (κ3) is 4.85. The maximum Gasteiger partial charge on any atom is 0.253 e. The Bertz CT molecular complexity index is 551. The summed E-state index contributed by atoms with van der Waals surface area (Å²) in [5.74, 6) is 0.451. The highest BCUT2D eigenvalue weighted by Gasteiger charge is 2.20. The van der Waals surface area contributed by atoms with Crippen molar-refractivity contribution < 1.29 is 17.9 Å². The number of hydrogen-bond acceptors (Lipinski definition) is 4. The summed E-state index contributed by atoms with van der Waals surface area (Å²) in [7, 11) is -1.51. The van der Waals surface area contributed by atoms with Crippen molar-refractivity contribution in [2.45, 2.75) is 19.9 Å². The second-order valence-corrected chi connectivity index (χ2v) is 7.00. The minimum absolute atomic E-state index is 0.0493. The lowest BCUT2D eigenvalue weighted by atomic mass is 10.2. The molecule has 0 bridgehead atoms. The highest BCUT2D eigenvalue weighted by Crippen LogP contribution is 2.14. The van der Waals surface area contributed by atoms with Crippen LogP contribution in [0.15, 0.2) is 24.3 Å². The van der Waals surface area contributed by atoms with Crippen LogP contribution in [-0.4, -0.2) is 50.9 Å². The molecular formula is C14H21NO4S. The molecule has 1 atom stereocenters. The Morgan fingerprint density at radius 1 is 1.30 bits per heavy atom. The molecule has 1 unspecified atom stereocenters. The van der Waals surface area contributed by atoms with Gasteiger partial charge in [0.05, 0.1) is 12.4 Å². The maximum absolute atomic E-state index is 12.2. The summed E-state index contributed by atoms with van der Waals surface area (Å²) >= 11 is 0. The number of rotatable bonds is 6. The van der Waals surface area contributed by atoms with E-state index in [1.54, 1.807) is 38.2 Å². The van der Waals surface area contributed by atoms with Gasteiger partial charge in [-0.2, -0.15) is 0 Å². The highest BCUT2D eigenvalue weighted by molar-refractivity contribution is 7.90. The molecule has 0 fully saturated rings. The molecule has 0 aliphatic carbocycles. The number of amides is 1. The molecule has 0 aliphatic heterocycles. The Morgan fingerprint density at radius 2 is 1.85 bits per heavy atom. The van der Waals surface area contributed by atoms with Gasteiger partial charge < -0.3 is 9.64 Å². The van der Waals surface area contributed by atoms with E-state index >= 15 is 0 Å². The Labute approximate surface area is 120 Å². The number of ether oxygens (including phenoxy) is 1. The lowest BCUT2D eigenvalue weighted by Gasteiger charge is -2.24. The largest absolute Gasteiger partial charge is 0.494 e. The van der Waals surface area contributed by atoms with Crippen LogP contribution in [-0.2, 0) is 9.84 Å². The smallest absolute Gasteiger partial charge is 0.253 e. The van der Waals surface area contributed by atoms with Crippen LogP contribution < -0.4 is 4.74 Å². The van der Waals surface area contributed by atoms with Crippen LogP contribution >= 0.6 is 0 Å². The molecule has 0 aliphatic rings. The van der Waals surface area contributed by atoms with Crippen molar-refractivity contribution in [2.24, 2.45) is 0 Å². The summed E-state index contributed by atoms with van der Waals surface area (Å²) in [5, 5.41) is 0. The molecule has 0 saturated carbocycles. The topological polar surface area (TPSA) is 63.7 Å². The molecule has 0 saturated heterocycles. The van der Waals surface area contributed by atoms with Gasteiger partial charge >= 0.3 is 0 Å². The number of carbonyl (C=O) groups excluding carboxylic acids is 1. The van der Waals surface area contributed by atoms with Gasteiger partial charge in [-0.05, 0) is 38.1 Å². The van der Waals surface area contributed by atoms with Gasteiger partial charge in [-0.25, -0.2) is 8.42 Å². The van der Waals surface area contributed by atoms with E-state index in [0.717, 1.165) is 0 Å². The van der Waals surface area contributed by atoms with E-state index in [9.17, 15) is 13.2 Å². The fourth-order valence-corrected chi connectivity index (χ4v) is 2.91. The predicted octanol–water partition coefficient (Wildman–Crippen LogP) is 1.59. The number of hydrogen-bond donors (Lipinski definition) is 0. The van der Waals surface area contributed by atoms with E-state index in [1.807, 2.05) is 6.92 Å². The van der Waals surface area contributed by atoms with Crippen molar-refractivity contribution in [3.63, 3.8) is 0 Å². The first-order valence-electron chi connectivity index (χ1n) is 6.42. The Balaban J connectivity index is 2.78. The highest BCUT2D eigenvalue weighted by atomic mass is 32.2. The Hall–Kier alpha value is -1.56. The van der Waals surface area contributed by atoms with Gasteiger partial charge in [0.15, 0.2) is 0 Å². The third-order valence-electron chi connectivity index (χ3n) is 2.94. The van der Waals surface area contributed by atoms with E-state index in [0.29, 0.717) is 17.9 Å². The first-order chi connectivity index (χ1) is 9.24. The Kier molecular flexibility index (Phi) is 5.56. The van der Waals surface area contributed by atoms with Crippen LogP contribution in [0.4, 0.5) is 0 Å². The summed E-state index contributed by atoms with van der Waals surface area (Å²) < 4.78 is 27.8.